The molecule has 7 rings (SSSR count). The predicted molar refractivity (Wildman–Crippen MR) is 172 cm³/mol. The summed E-state index contributed by atoms with van der Waals surface area (Å²) in [5.74, 6) is 0.757. The Morgan fingerprint density at radius 1 is 0.800 bits per heavy atom. The third kappa shape index (κ3) is 6.17. The first-order chi connectivity index (χ1) is 21.8. The molecule has 0 saturated carbocycles. The molecule has 5 aromatic carbocycles. The van der Waals surface area contributed by atoms with Crippen LogP contribution in [-0.4, -0.2) is 19.2 Å². The number of pyridine rings is 1. The van der Waals surface area contributed by atoms with E-state index in [1.165, 1.54) is 28.0 Å². The number of fused-ring (bicyclic) bond motifs is 6. The van der Waals surface area contributed by atoms with Crippen LogP contribution in [0, 0.1) is 5.82 Å². The zero-order valence-electron chi connectivity index (χ0n) is 25.1. The van der Waals surface area contributed by atoms with Gasteiger partial charge in [0.05, 0.1) is 25.2 Å². The van der Waals surface area contributed by atoms with Crippen molar-refractivity contribution in [2.45, 2.75) is 44.2 Å². The van der Waals surface area contributed by atoms with Crippen molar-refractivity contribution in [1.82, 2.24) is 4.98 Å². The molecular weight excluding hydrogens is 578 g/mol. The molecule has 0 fully saturated rings. The lowest BCUT2D eigenvalue weighted by atomic mass is 9.77. The summed E-state index contributed by atoms with van der Waals surface area (Å²) >= 11 is 0. The number of nitrogens with zero attached hydrogens (tertiary/aromatic N) is 1. The molecule has 45 heavy (non-hydrogen) atoms. The van der Waals surface area contributed by atoms with E-state index in [0.29, 0.717) is 12.5 Å². The number of hydrogen-bond donors (Lipinski definition) is 0. The third-order valence-corrected chi connectivity index (χ3v) is 8.78. The number of rotatable bonds is 5. The molecule has 1 unspecified atom stereocenters. The van der Waals surface area contributed by atoms with Crippen LogP contribution in [0.5, 0.6) is 11.5 Å². The summed E-state index contributed by atoms with van der Waals surface area (Å²) in [5.41, 5.74) is 1.68. The van der Waals surface area contributed by atoms with Crippen LogP contribution in [0.15, 0.2) is 97.3 Å². The van der Waals surface area contributed by atoms with E-state index in [2.05, 4.69) is 41.4 Å². The number of alkyl halides is 3. The second-order valence-corrected chi connectivity index (χ2v) is 11.3. The van der Waals surface area contributed by atoms with Gasteiger partial charge in [0.2, 0.25) is 0 Å². The van der Waals surface area contributed by atoms with Crippen LogP contribution >= 0.6 is 0 Å². The van der Waals surface area contributed by atoms with Gasteiger partial charge in [-0.25, -0.2) is 4.39 Å². The number of methoxy groups -OCH3 is 2. The van der Waals surface area contributed by atoms with Gasteiger partial charge in [-0.1, -0.05) is 54.6 Å². The summed E-state index contributed by atoms with van der Waals surface area (Å²) in [6, 6.07) is 25.4. The van der Waals surface area contributed by atoms with Gasteiger partial charge in [0, 0.05) is 12.4 Å². The zero-order valence-corrected chi connectivity index (χ0v) is 25.1. The van der Waals surface area contributed by atoms with Crippen molar-refractivity contribution in [3.05, 3.63) is 125 Å². The molecule has 1 heterocycles. The van der Waals surface area contributed by atoms with E-state index < -0.39 is 17.6 Å². The summed E-state index contributed by atoms with van der Waals surface area (Å²) in [4.78, 5) is 4.01. The first kappa shape index (κ1) is 30.4. The molecule has 7 heteroatoms. The van der Waals surface area contributed by atoms with E-state index in [1.807, 2.05) is 42.7 Å². The Hall–Kier alpha value is -4.65. The lowest BCUT2D eigenvalue weighted by molar-refractivity contribution is -0.138. The van der Waals surface area contributed by atoms with Crippen molar-refractivity contribution < 1.29 is 27.0 Å². The van der Waals surface area contributed by atoms with Crippen molar-refractivity contribution in [3.63, 3.8) is 0 Å². The van der Waals surface area contributed by atoms with Gasteiger partial charge < -0.3 is 9.47 Å². The van der Waals surface area contributed by atoms with Crippen molar-refractivity contribution in [2.24, 2.45) is 0 Å². The minimum atomic E-state index is -4.57. The van der Waals surface area contributed by atoms with Gasteiger partial charge in [-0.2, -0.15) is 13.2 Å². The van der Waals surface area contributed by atoms with Crippen LogP contribution in [-0.2, 0) is 19.0 Å². The largest absolute Gasteiger partial charge is 0.496 e. The van der Waals surface area contributed by atoms with Crippen LogP contribution in [0.2, 0.25) is 0 Å². The summed E-state index contributed by atoms with van der Waals surface area (Å²) in [5, 5.41) is 6.64. The predicted octanol–water partition coefficient (Wildman–Crippen LogP) is 10.5. The molecule has 230 valence electrons. The number of halogens is 4. The van der Waals surface area contributed by atoms with E-state index in [1.54, 1.807) is 14.2 Å². The van der Waals surface area contributed by atoms with Crippen molar-refractivity contribution in [2.75, 3.05) is 14.2 Å². The third-order valence-electron chi connectivity index (χ3n) is 8.78. The van der Waals surface area contributed by atoms with E-state index in [0.717, 1.165) is 58.4 Å². The Morgan fingerprint density at radius 2 is 1.60 bits per heavy atom. The van der Waals surface area contributed by atoms with E-state index in [-0.39, 0.29) is 17.9 Å². The molecule has 1 atom stereocenters. The van der Waals surface area contributed by atoms with Gasteiger partial charge in [0.15, 0.2) is 0 Å². The Labute approximate surface area is 259 Å². The fraction of sp³-hybridized carbons (Fsp3) is 0.237. The molecular formula is C38H33F4NO2. The first-order valence-corrected chi connectivity index (χ1v) is 15.0. The van der Waals surface area contributed by atoms with Gasteiger partial charge in [-0.05, 0) is 112 Å². The normalized spacial score (nSPS) is 14.6. The summed E-state index contributed by atoms with van der Waals surface area (Å²) < 4.78 is 65.3. The number of ether oxygens (including phenoxy) is 2. The molecule has 0 aliphatic heterocycles. The zero-order chi connectivity index (χ0) is 31.6. The van der Waals surface area contributed by atoms with Gasteiger partial charge in [0.1, 0.15) is 17.3 Å². The number of aryl methyl sites for hydroxylation is 2. The van der Waals surface area contributed by atoms with E-state index in [4.69, 9.17) is 9.47 Å². The molecule has 0 saturated heterocycles. The van der Waals surface area contributed by atoms with Crippen molar-refractivity contribution in [1.29, 1.82) is 0 Å². The van der Waals surface area contributed by atoms with Gasteiger partial charge in [-0.15, -0.1) is 0 Å². The quantitative estimate of drug-likeness (QED) is 0.144. The first-order valence-electron chi connectivity index (χ1n) is 15.0. The monoisotopic (exact) mass is 611 g/mol. The molecule has 1 aromatic heterocycles. The Bertz CT molecular complexity index is 1920. The van der Waals surface area contributed by atoms with Gasteiger partial charge in [0.25, 0.3) is 0 Å². The highest BCUT2D eigenvalue weighted by Gasteiger charge is 2.34. The van der Waals surface area contributed by atoms with Crippen LogP contribution in [0.1, 0.15) is 47.4 Å². The lowest BCUT2D eigenvalue weighted by Gasteiger charge is -2.28. The molecule has 0 spiro atoms. The van der Waals surface area contributed by atoms with Crippen LogP contribution in [0.4, 0.5) is 17.6 Å². The summed E-state index contributed by atoms with van der Waals surface area (Å²) in [6.07, 6.45) is 2.71. The number of aromatic nitrogens is 1. The van der Waals surface area contributed by atoms with Gasteiger partial charge in [-0.3, -0.25) is 4.98 Å². The number of benzene rings is 5. The Kier molecular flexibility index (Phi) is 8.61. The molecule has 3 nitrogen and oxygen atoms in total. The molecule has 0 amide bonds. The van der Waals surface area contributed by atoms with Crippen molar-refractivity contribution >= 4 is 32.3 Å². The van der Waals surface area contributed by atoms with Crippen LogP contribution in [0.3, 0.4) is 0 Å². The van der Waals surface area contributed by atoms with E-state index >= 15 is 0 Å². The summed E-state index contributed by atoms with van der Waals surface area (Å²) in [6.45, 7) is 0. The standard InChI is InChI=1S/C29H26F4O2.C9H7N/c1-34-26-8-4-7-23-22-14-13-20-17(5-3-6-21(20)24(22)16-27(35-2)28(23)26)9-10-18-11-12-19(30)15-25(18)29(31,32)33;1-2-4-9-7-10-6-5-8(9)3-1/h4,7-8,11-17H,3,5-6,9-10H2,1-2H3;1-7H. The van der Waals surface area contributed by atoms with E-state index in [9.17, 15) is 17.6 Å². The summed E-state index contributed by atoms with van der Waals surface area (Å²) in [7, 11) is 3.29. The highest BCUT2D eigenvalue weighted by Crippen LogP contribution is 2.45. The number of hydrogen-bond acceptors (Lipinski definition) is 3. The maximum atomic E-state index is 13.5. The highest BCUT2D eigenvalue weighted by molar-refractivity contribution is 6.13. The second-order valence-electron chi connectivity index (χ2n) is 11.3. The van der Waals surface area contributed by atoms with Crippen molar-refractivity contribution in [3.8, 4) is 11.5 Å². The molecule has 0 N–H and O–H groups in total. The molecule has 0 bridgehead atoms. The van der Waals surface area contributed by atoms with Crippen LogP contribution in [0.25, 0.3) is 32.3 Å². The SMILES string of the molecule is COc1cccc2c1c(OC)cc1c3c(ccc12)C(CCc1ccc(F)cc1C(F)(F)F)CCC3.c1ccc2cnccc2c1. The second kappa shape index (κ2) is 12.8. The molecule has 0 radical (unpaired) electrons. The lowest BCUT2D eigenvalue weighted by Crippen LogP contribution is -2.14. The maximum absolute atomic E-state index is 13.5. The molecule has 6 aromatic rings. The van der Waals surface area contributed by atoms with Crippen LogP contribution < -0.4 is 9.47 Å². The average molecular weight is 612 g/mol. The Morgan fingerprint density at radius 3 is 2.36 bits per heavy atom. The van der Waals surface area contributed by atoms with Gasteiger partial charge >= 0.3 is 6.18 Å². The average Bonchev–Trinajstić information content (AvgIpc) is 3.06. The molecule has 1 aliphatic carbocycles. The minimum Gasteiger partial charge on any atom is -0.496 e. The molecule has 1 aliphatic rings. The highest BCUT2D eigenvalue weighted by atomic mass is 19.4. The topological polar surface area (TPSA) is 31.4 Å². The fourth-order valence-corrected chi connectivity index (χ4v) is 6.65. The minimum absolute atomic E-state index is 0.140. The smallest absolute Gasteiger partial charge is 0.416 e. The Balaban J connectivity index is 0.000000301. The fourth-order valence-electron chi connectivity index (χ4n) is 6.65. The maximum Gasteiger partial charge on any atom is 0.416 e.